The molecule has 8 nitrogen and oxygen atoms in total. The number of carbonyl (C=O) groups is 3. The molecule has 0 aromatic carbocycles. The van der Waals surface area contributed by atoms with E-state index in [9.17, 15) is 14.4 Å². The van der Waals surface area contributed by atoms with Crippen molar-refractivity contribution in [3.8, 4) is 0 Å². The van der Waals surface area contributed by atoms with Crippen molar-refractivity contribution in [2.45, 2.75) is 72.4 Å². The van der Waals surface area contributed by atoms with Crippen molar-refractivity contribution in [3.05, 3.63) is 16.1 Å². The Bertz CT molecular complexity index is 692. The zero-order valence-electron chi connectivity index (χ0n) is 19.0. The highest BCUT2D eigenvalue weighted by Crippen LogP contribution is 2.27. The van der Waals surface area contributed by atoms with Gasteiger partial charge in [0.15, 0.2) is 5.69 Å². The first-order valence-electron chi connectivity index (χ1n) is 10.7. The third-order valence-electron chi connectivity index (χ3n) is 4.83. The maximum Gasteiger partial charge on any atom is 0.357 e. The second-order valence-corrected chi connectivity index (χ2v) is 8.39. The van der Waals surface area contributed by atoms with Gasteiger partial charge in [-0.1, -0.05) is 27.2 Å². The molecule has 0 aliphatic carbocycles. The molecule has 0 unspecified atom stereocenters. The number of rotatable bonds is 12. The smallest absolute Gasteiger partial charge is 0.357 e. The van der Waals surface area contributed by atoms with Crippen molar-refractivity contribution in [3.63, 3.8) is 0 Å². The first-order valence-corrected chi connectivity index (χ1v) is 11.5. The van der Waals surface area contributed by atoms with Gasteiger partial charge in [-0.2, -0.15) is 0 Å². The Morgan fingerprint density at radius 2 is 1.93 bits per heavy atom. The lowest BCUT2D eigenvalue weighted by atomic mass is 9.95. The zero-order valence-corrected chi connectivity index (χ0v) is 19.8. The monoisotopic (exact) mass is 440 g/mol. The number of ether oxygens (including phenoxy) is 1. The molecule has 9 heteroatoms. The van der Waals surface area contributed by atoms with Gasteiger partial charge in [-0.05, 0) is 32.6 Å². The molecule has 1 heterocycles. The van der Waals surface area contributed by atoms with Crippen LogP contribution in [0.3, 0.4) is 0 Å². The number of nitrogens with one attached hydrogen (secondary N) is 2. The van der Waals surface area contributed by atoms with Gasteiger partial charge in [0.1, 0.15) is 5.01 Å². The third kappa shape index (κ3) is 7.93. The van der Waals surface area contributed by atoms with Gasteiger partial charge in [-0.15, -0.1) is 11.3 Å². The molecular formula is C21H36N4O4S. The topological polar surface area (TPSA) is 101 Å². The second-order valence-electron chi connectivity index (χ2n) is 7.50. The summed E-state index contributed by atoms with van der Waals surface area (Å²) in [4.78, 5) is 43.1. The molecule has 1 aromatic heterocycles. The average molecular weight is 441 g/mol. The summed E-state index contributed by atoms with van der Waals surface area (Å²) in [5, 5.41) is 7.94. The van der Waals surface area contributed by atoms with E-state index in [4.69, 9.17) is 4.74 Å². The first kappa shape index (κ1) is 25.9. The molecule has 0 saturated heterocycles. The number of hydrogen-bond acceptors (Lipinski definition) is 6. The zero-order chi connectivity index (χ0) is 22.7. The Balaban J connectivity index is 3.09. The Morgan fingerprint density at radius 3 is 2.50 bits per heavy atom. The van der Waals surface area contributed by atoms with E-state index in [2.05, 4.69) is 36.4 Å². The van der Waals surface area contributed by atoms with Crippen LogP contribution in [0.25, 0.3) is 0 Å². The summed E-state index contributed by atoms with van der Waals surface area (Å²) >= 11 is 1.30. The maximum atomic E-state index is 12.6. The van der Waals surface area contributed by atoms with E-state index in [1.807, 2.05) is 14.0 Å². The lowest BCUT2D eigenvalue weighted by Gasteiger charge is -2.34. The van der Waals surface area contributed by atoms with Gasteiger partial charge in [0.2, 0.25) is 5.91 Å². The molecule has 0 aliphatic heterocycles. The number of urea groups is 1. The molecule has 0 aliphatic rings. The minimum Gasteiger partial charge on any atom is -0.461 e. The molecule has 2 N–H and O–H groups in total. The van der Waals surface area contributed by atoms with Crippen LogP contribution in [0.15, 0.2) is 5.38 Å². The van der Waals surface area contributed by atoms with Crippen LogP contribution in [0.2, 0.25) is 0 Å². The van der Waals surface area contributed by atoms with E-state index >= 15 is 0 Å². The molecule has 0 bridgehead atoms. The van der Waals surface area contributed by atoms with Crippen LogP contribution in [0.5, 0.6) is 0 Å². The van der Waals surface area contributed by atoms with Crippen LogP contribution in [0.1, 0.15) is 81.8 Å². The van der Waals surface area contributed by atoms with E-state index in [1.165, 1.54) is 11.3 Å². The van der Waals surface area contributed by atoms with E-state index in [0.717, 1.165) is 12.8 Å². The quantitative estimate of drug-likeness (QED) is 0.482. The molecule has 0 saturated carbocycles. The predicted octanol–water partition coefficient (Wildman–Crippen LogP) is 3.74. The summed E-state index contributed by atoms with van der Waals surface area (Å²) in [6.45, 7) is 10.5. The van der Waals surface area contributed by atoms with Gasteiger partial charge < -0.3 is 20.3 Å². The SMILES string of the molecule is CCCCC(=O)N(C)[C@H](C[C@@H](NC(=O)NCC)c1nc(C(=O)OCC)cs1)C(C)C. The van der Waals surface area contributed by atoms with E-state index in [0.29, 0.717) is 24.4 Å². The molecule has 0 fully saturated rings. The van der Waals surface area contributed by atoms with Crippen molar-refractivity contribution in [1.82, 2.24) is 20.5 Å². The Kier molecular flexibility index (Phi) is 11.4. The van der Waals surface area contributed by atoms with Gasteiger partial charge in [0.05, 0.1) is 12.6 Å². The van der Waals surface area contributed by atoms with Gasteiger partial charge >= 0.3 is 12.0 Å². The molecular weight excluding hydrogens is 404 g/mol. The normalized spacial score (nSPS) is 12.9. The number of esters is 1. The van der Waals surface area contributed by atoms with Crippen molar-refractivity contribution in [2.75, 3.05) is 20.2 Å². The number of amides is 3. The average Bonchev–Trinajstić information content (AvgIpc) is 3.19. The number of carbonyl (C=O) groups excluding carboxylic acids is 3. The van der Waals surface area contributed by atoms with Crippen LogP contribution in [-0.2, 0) is 9.53 Å². The second kappa shape index (κ2) is 13.2. The number of aromatic nitrogens is 1. The molecule has 0 radical (unpaired) electrons. The minimum atomic E-state index is -0.482. The van der Waals surface area contributed by atoms with Gasteiger partial charge in [0, 0.05) is 31.4 Å². The molecule has 1 rings (SSSR count). The summed E-state index contributed by atoms with van der Waals surface area (Å²) < 4.78 is 5.02. The molecule has 1 aromatic rings. The van der Waals surface area contributed by atoms with Crippen molar-refractivity contribution >= 4 is 29.2 Å². The maximum absolute atomic E-state index is 12.6. The van der Waals surface area contributed by atoms with Gasteiger partial charge in [0.25, 0.3) is 0 Å². The first-order chi connectivity index (χ1) is 14.2. The molecule has 30 heavy (non-hydrogen) atoms. The van der Waals surface area contributed by atoms with Crippen molar-refractivity contribution < 1.29 is 19.1 Å². The molecule has 0 spiro atoms. The predicted molar refractivity (Wildman–Crippen MR) is 119 cm³/mol. The summed E-state index contributed by atoms with van der Waals surface area (Å²) in [6, 6.07) is -0.826. The highest BCUT2D eigenvalue weighted by molar-refractivity contribution is 7.09. The van der Waals surface area contributed by atoms with E-state index in [-0.39, 0.29) is 36.2 Å². The summed E-state index contributed by atoms with van der Waals surface area (Å²) in [7, 11) is 1.82. The Hall–Kier alpha value is -2.16. The number of nitrogens with zero attached hydrogens (tertiary/aromatic N) is 2. The molecule has 170 valence electrons. The van der Waals surface area contributed by atoms with E-state index in [1.54, 1.807) is 17.2 Å². The van der Waals surface area contributed by atoms with Crippen LogP contribution < -0.4 is 10.6 Å². The fraction of sp³-hybridized carbons (Fsp3) is 0.714. The summed E-state index contributed by atoms with van der Waals surface area (Å²) in [5.41, 5.74) is 0.230. The largest absolute Gasteiger partial charge is 0.461 e. The summed E-state index contributed by atoms with van der Waals surface area (Å²) in [5.74, 6) is -0.203. The van der Waals surface area contributed by atoms with Gasteiger partial charge in [-0.25, -0.2) is 14.6 Å². The Labute approximate surface area is 183 Å². The number of thiazole rings is 1. The highest BCUT2D eigenvalue weighted by Gasteiger charge is 2.29. The molecule has 3 amide bonds. The van der Waals surface area contributed by atoms with Gasteiger partial charge in [-0.3, -0.25) is 4.79 Å². The van der Waals surface area contributed by atoms with Crippen LogP contribution in [0, 0.1) is 5.92 Å². The number of unbranched alkanes of at least 4 members (excludes halogenated alkanes) is 1. The fourth-order valence-corrected chi connectivity index (χ4v) is 4.00. The van der Waals surface area contributed by atoms with Crippen LogP contribution >= 0.6 is 11.3 Å². The molecule has 2 atom stereocenters. The van der Waals surface area contributed by atoms with Crippen LogP contribution in [0.4, 0.5) is 4.79 Å². The van der Waals surface area contributed by atoms with Crippen LogP contribution in [-0.4, -0.2) is 54.0 Å². The lowest BCUT2D eigenvalue weighted by molar-refractivity contribution is -0.133. The standard InChI is InChI=1S/C21H36N4O4S/c1-7-10-11-18(26)25(6)17(14(4)5)12-15(24-21(28)22-8-2)19-23-16(13-30-19)20(27)29-9-3/h13-15,17H,7-12H2,1-6H3,(H2,22,24,28)/t15-,17-/m1/s1. The highest BCUT2D eigenvalue weighted by atomic mass is 32.1. The van der Waals surface area contributed by atoms with Crippen molar-refractivity contribution in [1.29, 1.82) is 0 Å². The van der Waals surface area contributed by atoms with E-state index < -0.39 is 12.0 Å². The minimum absolute atomic E-state index is 0.0868. The Morgan fingerprint density at radius 1 is 1.23 bits per heavy atom. The lowest BCUT2D eigenvalue weighted by Crippen LogP contribution is -2.45. The fourth-order valence-electron chi connectivity index (χ4n) is 3.15. The number of hydrogen-bond donors (Lipinski definition) is 2. The summed E-state index contributed by atoms with van der Waals surface area (Å²) in [6.07, 6.45) is 2.82. The van der Waals surface area contributed by atoms with Crippen molar-refractivity contribution in [2.24, 2.45) is 5.92 Å². The third-order valence-corrected chi connectivity index (χ3v) is 5.79.